The van der Waals surface area contributed by atoms with E-state index in [4.69, 9.17) is 9.47 Å². The Morgan fingerprint density at radius 1 is 0.761 bits per heavy atom. The molecule has 46 heavy (non-hydrogen) atoms. The molecule has 5 nitrogen and oxygen atoms in total. The number of imidazole rings is 1. The molecule has 0 amide bonds. The average Bonchev–Trinajstić information content (AvgIpc) is 3.40. The Hall–Kier alpha value is -2.86. The van der Waals surface area contributed by atoms with Crippen LogP contribution in [0.5, 0.6) is 11.5 Å². The lowest BCUT2D eigenvalue weighted by Gasteiger charge is -2.17. The molecule has 4 rings (SSSR count). The number of fused-ring (bicyclic) bond motifs is 2. The van der Waals surface area contributed by atoms with Gasteiger partial charge in [-0.25, -0.2) is 9.13 Å². The lowest BCUT2D eigenvalue weighted by atomic mass is 10.0. The number of unbranched alkanes of at least 4 members (excludes halogenated alkanes) is 10. The second-order valence-electron chi connectivity index (χ2n) is 13.1. The zero-order valence-corrected chi connectivity index (χ0v) is 30.5. The van der Waals surface area contributed by atoms with Crippen LogP contribution in [-0.4, -0.2) is 23.6 Å². The number of hydrogen-bond donors (Lipinski definition) is 0. The number of aromatic nitrogens is 2. The predicted octanol–water partition coefficient (Wildman–Crippen LogP) is 7.49. The van der Waals surface area contributed by atoms with Crippen molar-refractivity contribution in [1.29, 1.82) is 0 Å². The van der Waals surface area contributed by atoms with E-state index in [1.807, 2.05) is 18.2 Å². The van der Waals surface area contributed by atoms with E-state index in [2.05, 4.69) is 79.6 Å². The number of halogens is 1. The highest BCUT2D eigenvalue weighted by Crippen LogP contribution is 2.38. The number of Topliss-reactive ketones (excluding diaryl/α,β-unsaturated/α-hetero) is 1. The van der Waals surface area contributed by atoms with E-state index in [1.54, 1.807) is 0 Å². The van der Waals surface area contributed by atoms with Crippen LogP contribution >= 0.6 is 0 Å². The van der Waals surface area contributed by atoms with E-state index in [0.717, 1.165) is 59.8 Å². The van der Waals surface area contributed by atoms with Gasteiger partial charge in [0.05, 0.1) is 25.3 Å². The molecule has 4 aromatic rings. The van der Waals surface area contributed by atoms with Crippen molar-refractivity contribution in [3.05, 3.63) is 66.5 Å². The number of hydrogen-bond acceptors (Lipinski definition) is 3. The zero-order valence-electron chi connectivity index (χ0n) is 28.9. The summed E-state index contributed by atoms with van der Waals surface area (Å²) in [6.45, 7) is 11.4. The second-order valence-corrected chi connectivity index (χ2v) is 13.1. The standard InChI is InChI=1S/C40H57N2O3.BrH/c1-5-7-9-11-13-19-27-44-39-29-35(40(34-22-16-15-21-33(34)39)45-28-20-14-12-10-8-6-2)38(43)30-42-31-41(26-25-32(3)4)36-23-17-18-24-37(36)42;/h15-18,21-24,29,31-32H,5-14,19-20,25-28,30H2,1-4H3;1H/q+1;/p-1. The molecular weight excluding hydrogens is 636 g/mol. The van der Waals surface area contributed by atoms with E-state index >= 15 is 0 Å². The number of rotatable bonds is 22. The lowest BCUT2D eigenvalue weighted by Crippen LogP contribution is -3.00. The summed E-state index contributed by atoms with van der Waals surface area (Å²) in [4.78, 5) is 14.3. The summed E-state index contributed by atoms with van der Waals surface area (Å²) in [6, 6.07) is 18.6. The number of carbonyl (C=O) groups is 1. The minimum Gasteiger partial charge on any atom is -1.00 e. The van der Waals surface area contributed by atoms with Gasteiger partial charge in [0, 0.05) is 10.8 Å². The maximum atomic E-state index is 14.3. The first-order valence-corrected chi connectivity index (χ1v) is 17.8. The molecule has 0 fully saturated rings. The first-order chi connectivity index (χ1) is 22.0. The first kappa shape index (κ1) is 37.6. The van der Waals surface area contributed by atoms with Gasteiger partial charge in [0.2, 0.25) is 12.1 Å². The molecule has 0 atom stereocenters. The van der Waals surface area contributed by atoms with Gasteiger partial charge in [-0.15, -0.1) is 0 Å². The summed E-state index contributed by atoms with van der Waals surface area (Å²) >= 11 is 0. The molecule has 0 aliphatic rings. The van der Waals surface area contributed by atoms with Crippen molar-refractivity contribution in [3.8, 4) is 11.5 Å². The largest absolute Gasteiger partial charge is 1.00 e. The Balaban J connectivity index is 0.00000576. The van der Waals surface area contributed by atoms with Crippen molar-refractivity contribution in [2.45, 2.75) is 124 Å². The van der Waals surface area contributed by atoms with Crippen molar-refractivity contribution < 1.29 is 35.8 Å². The van der Waals surface area contributed by atoms with Gasteiger partial charge in [-0.05, 0) is 43.4 Å². The molecule has 3 aromatic carbocycles. The Morgan fingerprint density at radius 3 is 2.02 bits per heavy atom. The molecule has 1 heterocycles. The van der Waals surface area contributed by atoms with Gasteiger partial charge in [0.1, 0.15) is 11.5 Å². The number of aryl methyl sites for hydroxylation is 1. The highest BCUT2D eigenvalue weighted by Gasteiger charge is 2.24. The van der Waals surface area contributed by atoms with E-state index in [0.29, 0.717) is 30.4 Å². The molecule has 252 valence electrons. The van der Waals surface area contributed by atoms with Gasteiger partial charge < -0.3 is 26.5 Å². The van der Waals surface area contributed by atoms with Gasteiger partial charge in [0.25, 0.3) is 0 Å². The summed E-state index contributed by atoms with van der Waals surface area (Å²) in [5.41, 5.74) is 2.85. The normalized spacial score (nSPS) is 11.3. The van der Waals surface area contributed by atoms with Crippen LogP contribution in [0.3, 0.4) is 0 Å². The Bertz CT molecular complexity index is 1480. The van der Waals surface area contributed by atoms with Gasteiger partial charge in [0.15, 0.2) is 17.6 Å². The van der Waals surface area contributed by atoms with Crippen LogP contribution in [0.1, 0.15) is 122 Å². The third kappa shape index (κ3) is 10.9. The summed E-state index contributed by atoms with van der Waals surface area (Å²) in [5.74, 6) is 2.12. The van der Waals surface area contributed by atoms with Crippen molar-refractivity contribution in [2.75, 3.05) is 13.2 Å². The highest BCUT2D eigenvalue weighted by molar-refractivity contribution is 6.06. The highest BCUT2D eigenvalue weighted by atomic mass is 79.9. The molecule has 0 saturated heterocycles. The molecule has 0 saturated carbocycles. The molecule has 0 radical (unpaired) electrons. The fourth-order valence-electron chi connectivity index (χ4n) is 6.10. The Morgan fingerprint density at radius 2 is 1.35 bits per heavy atom. The maximum Gasteiger partial charge on any atom is 0.245 e. The van der Waals surface area contributed by atoms with Gasteiger partial charge in [-0.2, -0.15) is 0 Å². The number of benzene rings is 3. The smallest absolute Gasteiger partial charge is 0.245 e. The summed E-state index contributed by atoms with van der Waals surface area (Å²) in [5, 5.41) is 1.97. The van der Waals surface area contributed by atoms with Crippen LogP contribution in [0, 0.1) is 5.92 Å². The van der Waals surface area contributed by atoms with Gasteiger partial charge in [-0.1, -0.05) is 128 Å². The summed E-state index contributed by atoms with van der Waals surface area (Å²) in [7, 11) is 0. The Labute approximate surface area is 288 Å². The van der Waals surface area contributed by atoms with Crippen molar-refractivity contribution in [3.63, 3.8) is 0 Å². The van der Waals surface area contributed by atoms with Crippen LogP contribution in [0.2, 0.25) is 0 Å². The third-order valence-electron chi connectivity index (χ3n) is 8.80. The van der Waals surface area contributed by atoms with Crippen molar-refractivity contribution >= 4 is 27.6 Å². The minimum absolute atomic E-state index is 0. The number of para-hydroxylation sites is 2. The molecule has 0 N–H and O–H groups in total. The fraction of sp³-hybridized carbons (Fsp3) is 0.550. The fourth-order valence-corrected chi connectivity index (χ4v) is 6.10. The molecular formula is C40H57BrN2O3. The topological polar surface area (TPSA) is 44.3 Å². The maximum absolute atomic E-state index is 14.3. The molecule has 0 bridgehead atoms. The number of ketones is 1. The average molecular weight is 694 g/mol. The lowest BCUT2D eigenvalue weighted by molar-refractivity contribution is -0.658. The number of ether oxygens (including phenoxy) is 2. The second kappa shape index (κ2) is 20.4. The van der Waals surface area contributed by atoms with E-state index < -0.39 is 0 Å². The monoisotopic (exact) mass is 692 g/mol. The minimum atomic E-state index is 0. The molecule has 1 aromatic heterocycles. The van der Waals surface area contributed by atoms with E-state index in [9.17, 15) is 4.79 Å². The van der Waals surface area contributed by atoms with Gasteiger partial charge in [-0.3, -0.25) is 4.79 Å². The molecule has 0 spiro atoms. The quantitative estimate of drug-likeness (QED) is 0.0487. The number of nitrogens with zero attached hydrogens (tertiary/aromatic N) is 2. The molecule has 6 heteroatoms. The van der Waals surface area contributed by atoms with E-state index in [1.165, 1.54) is 57.8 Å². The van der Waals surface area contributed by atoms with Crippen molar-refractivity contribution in [1.82, 2.24) is 4.57 Å². The molecule has 0 aliphatic carbocycles. The predicted molar refractivity (Wildman–Crippen MR) is 188 cm³/mol. The SMILES string of the molecule is CCCCCCCCOc1cc(C(=O)C[n+]2cn(CCC(C)C)c3ccccc32)c(OCCCCCCCC)c2ccccc12.[Br-]. The van der Waals surface area contributed by atoms with Gasteiger partial charge >= 0.3 is 0 Å². The van der Waals surface area contributed by atoms with Crippen LogP contribution in [0.4, 0.5) is 0 Å². The Kier molecular flexibility index (Phi) is 16.7. The van der Waals surface area contributed by atoms with Crippen molar-refractivity contribution in [2.24, 2.45) is 5.92 Å². The van der Waals surface area contributed by atoms with E-state index in [-0.39, 0.29) is 29.3 Å². The van der Waals surface area contributed by atoms with Crippen LogP contribution in [-0.2, 0) is 13.1 Å². The first-order valence-electron chi connectivity index (χ1n) is 17.8. The zero-order chi connectivity index (χ0) is 31.9. The molecule has 0 aliphatic heterocycles. The molecule has 0 unspecified atom stereocenters. The van der Waals surface area contributed by atoms with Crippen LogP contribution < -0.4 is 31.0 Å². The number of carbonyl (C=O) groups excluding carboxylic acids is 1. The van der Waals surface area contributed by atoms with Crippen LogP contribution in [0.15, 0.2) is 60.9 Å². The summed E-state index contributed by atoms with van der Waals surface area (Å²) < 4.78 is 17.3. The summed E-state index contributed by atoms with van der Waals surface area (Å²) in [6.07, 6.45) is 17.6. The third-order valence-corrected chi connectivity index (χ3v) is 8.80. The van der Waals surface area contributed by atoms with Crippen LogP contribution in [0.25, 0.3) is 21.8 Å².